The quantitative estimate of drug-likeness (QED) is 0.119. The summed E-state index contributed by atoms with van der Waals surface area (Å²) in [6.45, 7) is 14.3. The number of hydrogen-bond donors (Lipinski definition) is 1. The Labute approximate surface area is 299 Å². The highest BCUT2D eigenvalue weighted by Crippen LogP contribution is 2.41. The molecule has 50 heavy (non-hydrogen) atoms. The molecule has 1 aromatic carbocycles. The van der Waals surface area contributed by atoms with E-state index in [4.69, 9.17) is 36.1 Å². The number of fused-ring (bicyclic) bond motifs is 4. The predicted octanol–water partition coefficient (Wildman–Crippen LogP) is 7.22. The van der Waals surface area contributed by atoms with Crippen molar-refractivity contribution in [3.05, 3.63) is 53.7 Å². The van der Waals surface area contributed by atoms with E-state index >= 15 is 0 Å². The van der Waals surface area contributed by atoms with Crippen LogP contribution < -0.4 is 10.2 Å². The van der Waals surface area contributed by atoms with Gasteiger partial charge in [0.2, 0.25) is 0 Å². The smallest absolute Gasteiger partial charge is 0.407 e. The Morgan fingerprint density at radius 1 is 1.06 bits per heavy atom. The summed E-state index contributed by atoms with van der Waals surface area (Å²) in [4.78, 5) is 25.3. The number of hydrogen-bond acceptors (Lipinski definition) is 8. The average molecular weight is 718 g/mol. The van der Waals surface area contributed by atoms with Gasteiger partial charge in [-0.05, 0) is 64.6 Å². The van der Waals surface area contributed by atoms with E-state index in [1.807, 2.05) is 69.3 Å². The number of carbonyl (C=O) groups excluding carboxylic acids is 1. The number of rotatable bonds is 10. The summed E-state index contributed by atoms with van der Waals surface area (Å²) in [7, 11) is 0.654. The summed E-state index contributed by atoms with van der Waals surface area (Å²) in [6, 6.07) is 7.68. The third-order valence-electron chi connectivity index (χ3n) is 9.55. The fraction of sp³-hybridized carbons (Fsp3) is 0.528. The van der Waals surface area contributed by atoms with Gasteiger partial charge in [0.25, 0.3) is 0 Å². The van der Waals surface area contributed by atoms with Gasteiger partial charge in [0.15, 0.2) is 5.65 Å². The summed E-state index contributed by atoms with van der Waals surface area (Å²) in [5.41, 5.74) is 4.54. The van der Waals surface area contributed by atoms with Crippen LogP contribution in [0.3, 0.4) is 0 Å². The van der Waals surface area contributed by atoms with Crippen molar-refractivity contribution in [2.75, 3.05) is 11.5 Å². The number of ether oxygens (including phenoxy) is 2. The number of aryl methyl sites for hydroxylation is 1. The minimum absolute atomic E-state index is 0.0656. The molecule has 2 bridgehead atoms. The molecule has 2 atom stereocenters. The lowest BCUT2D eigenvalue weighted by atomic mass is 9.97. The van der Waals surface area contributed by atoms with Gasteiger partial charge in [-0.25, -0.2) is 14.8 Å². The fourth-order valence-corrected chi connectivity index (χ4v) is 8.32. The highest BCUT2D eigenvalue weighted by molar-refractivity contribution is 6.76. The monoisotopic (exact) mass is 717 g/mol. The summed E-state index contributed by atoms with van der Waals surface area (Å²) >= 11 is 7.16. The first-order chi connectivity index (χ1) is 23.7. The topological polar surface area (TPSA) is 117 Å². The van der Waals surface area contributed by atoms with Gasteiger partial charge in [-0.15, -0.1) is 0 Å². The molecule has 0 aliphatic carbocycles. The molecule has 1 amide bonds. The van der Waals surface area contributed by atoms with E-state index < -0.39 is 13.7 Å². The van der Waals surface area contributed by atoms with Gasteiger partial charge in [0.1, 0.15) is 23.7 Å². The van der Waals surface area contributed by atoms with Crippen LogP contribution in [0.5, 0.6) is 0 Å². The number of aromatic nitrogens is 7. The van der Waals surface area contributed by atoms with Crippen LogP contribution in [0, 0.1) is 0 Å². The van der Waals surface area contributed by atoms with Crippen molar-refractivity contribution in [2.45, 2.75) is 109 Å². The number of carbonyl (C=O) groups is 1. The first kappa shape index (κ1) is 34.5. The van der Waals surface area contributed by atoms with Crippen LogP contribution in [0.4, 0.5) is 10.6 Å². The molecule has 6 heterocycles. The van der Waals surface area contributed by atoms with Crippen LogP contribution in [-0.4, -0.2) is 78.6 Å². The molecular formula is C36H48ClN9O3Si. The molecule has 4 aromatic heterocycles. The number of piperidine rings is 1. The minimum Gasteiger partial charge on any atom is -0.444 e. The molecule has 0 spiro atoms. The normalized spacial score (nSPS) is 19.5. The SMILES string of the molecule is Cn1ccc(Cn2cc3c(Cl)c(-c4cn(COCC[Si](C)(C)C)c5nc(N6C7CCC6CC(NC(=O)OC(C)(C)C)C7)cnc45)ccc3n2)n1. The zero-order valence-corrected chi connectivity index (χ0v) is 31.9. The molecule has 5 aromatic rings. The van der Waals surface area contributed by atoms with Crippen LogP contribution in [-0.2, 0) is 29.8 Å². The van der Waals surface area contributed by atoms with Gasteiger partial charge < -0.3 is 24.3 Å². The lowest BCUT2D eigenvalue weighted by molar-refractivity contribution is 0.0492. The lowest BCUT2D eigenvalue weighted by Crippen LogP contribution is -2.51. The maximum atomic E-state index is 12.6. The van der Waals surface area contributed by atoms with Gasteiger partial charge in [-0.3, -0.25) is 9.36 Å². The molecule has 0 saturated carbocycles. The molecule has 0 radical (unpaired) electrons. The largest absolute Gasteiger partial charge is 0.444 e. The molecule has 266 valence electrons. The second-order valence-corrected chi connectivity index (χ2v) is 22.0. The predicted molar refractivity (Wildman–Crippen MR) is 199 cm³/mol. The zero-order valence-electron chi connectivity index (χ0n) is 30.1. The molecule has 12 nitrogen and oxygen atoms in total. The van der Waals surface area contributed by atoms with Gasteiger partial charge >= 0.3 is 6.09 Å². The Morgan fingerprint density at radius 2 is 1.82 bits per heavy atom. The van der Waals surface area contributed by atoms with Crippen molar-refractivity contribution in [2.24, 2.45) is 7.05 Å². The van der Waals surface area contributed by atoms with E-state index in [0.29, 0.717) is 24.9 Å². The Hall–Kier alpha value is -3.94. The third-order valence-corrected chi connectivity index (χ3v) is 11.7. The van der Waals surface area contributed by atoms with Crippen molar-refractivity contribution >= 4 is 53.7 Å². The molecule has 1 N–H and O–H groups in total. The Bertz CT molecular complexity index is 2010. The van der Waals surface area contributed by atoms with E-state index in [2.05, 4.69) is 45.7 Å². The van der Waals surface area contributed by atoms with Gasteiger partial charge in [0.05, 0.1) is 29.0 Å². The zero-order chi connectivity index (χ0) is 35.4. The number of anilines is 1. The van der Waals surface area contributed by atoms with Crippen LogP contribution in [0.2, 0.25) is 30.7 Å². The molecule has 14 heteroatoms. The second kappa shape index (κ2) is 13.3. The van der Waals surface area contributed by atoms with Crippen molar-refractivity contribution in [1.29, 1.82) is 0 Å². The van der Waals surface area contributed by atoms with E-state index in [-0.39, 0.29) is 24.2 Å². The standard InChI is InChI=1S/C36H48ClN9O3Si/c1-36(2,3)49-35(47)39-24-16-25-8-9-26(17-24)46(25)31-18-38-33-28(20-44(34(33)40-31)22-48-14-15-50(5,6)7)27-10-11-30-29(32(27)37)21-45(42-30)19-23-12-13-43(4)41-23/h10-13,18,20-21,24-26H,8-9,14-17,19,22H2,1-7H3,(H,39,47). The fourth-order valence-electron chi connectivity index (χ4n) is 7.25. The average Bonchev–Trinajstić information content (AvgIpc) is 3.78. The van der Waals surface area contributed by atoms with Crippen LogP contribution in [0.15, 0.2) is 43.0 Å². The number of halogens is 1. The first-order valence-corrected chi connectivity index (χ1v) is 21.7. The van der Waals surface area contributed by atoms with Crippen molar-refractivity contribution in [3.8, 4) is 11.1 Å². The molecule has 2 aliphatic rings. The number of amides is 1. The number of benzene rings is 1. The van der Waals surface area contributed by atoms with Gasteiger partial charge in [-0.1, -0.05) is 37.3 Å². The van der Waals surface area contributed by atoms with E-state index in [9.17, 15) is 4.79 Å². The number of nitrogens with one attached hydrogen (secondary N) is 1. The van der Waals surface area contributed by atoms with E-state index in [1.165, 1.54) is 0 Å². The van der Waals surface area contributed by atoms with Crippen molar-refractivity contribution in [1.82, 2.24) is 39.4 Å². The Kier molecular flexibility index (Phi) is 9.19. The summed E-state index contributed by atoms with van der Waals surface area (Å²) in [5, 5.41) is 13.9. The maximum Gasteiger partial charge on any atom is 0.407 e. The molecule has 2 unspecified atom stereocenters. The Balaban J connectivity index is 1.19. The van der Waals surface area contributed by atoms with Crippen molar-refractivity contribution < 1.29 is 14.3 Å². The molecule has 2 fully saturated rings. The van der Waals surface area contributed by atoms with Gasteiger partial charge in [-0.2, -0.15) is 10.2 Å². The Morgan fingerprint density at radius 3 is 2.50 bits per heavy atom. The molecular weight excluding hydrogens is 670 g/mol. The van der Waals surface area contributed by atoms with Crippen LogP contribution in [0.1, 0.15) is 52.1 Å². The van der Waals surface area contributed by atoms with Crippen LogP contribution >= 0.6 is 11.6 Å². The van der Waals surface area contributed by atoms with E-state index in [0.717, 1.165) is 76.4 Å². The number of nitrogens with zero attached hydrogens (tertiary/aromatic N) is 8. The van der Waals surface area contributed by atoms with Crippen LogP contribution in [0.25, 0.3) is 33.2 Å². The molecule has 7 rings (SSSR count). The summed E-state index contributed by atoms with van der Waals surface area (Å²) in [6.07, 6.45) is 11.3. The molecule has 2 aliphatic heterocycles. The summed E-state index contributed by atoms with van der Waals surface area (Å²) < 4.78 is 17.5. The second-order valence-electron chi connectivity index (χ2n) is 16.0. The van der Waals surface area contributed by atoms with E-state index in [1.54, 1.807) is 4.68 Å². The van der Waals surface area contributed by atoms with Crippen molar-refractivity contribution in [3.63, 3.8) is 0 Å². The summed E-state index contributed by atoms with van der Waals surface area (Å²) in [5.74, 6) is 0.853. The first-order valence-electron chi connectivity index (χ1n) is 17.6. The maximum absolute atomic E-state index is 12.6. The third kappa shape index (κ3) is 7.40. The number of alkyl carbamates (subject to hydrolysis) is 1. The minimum atomic E-state index is -1.25. The lowest BCUT2D eigenvalue weighted by Gasteiger charge is -2.39. The highest BCUT2D eigenvalue weighted by atomic mass is 35.5. The van der Waals surface area contributed by atoms with Gasteiger partial charge in [0, 0.05) is 75.0 Å². The molecule has 2 saturated heterocycles. The highest BCUT2D eigenvalue weighted by Gasteiger charge is 2.42.